The molecule has 0 aliphatic rings. The molecule has 0 aliphatic heterocycles. The number of rotatable bonds is 2. The molecule has 0 radical (unpaired) electrons. The zero-order valence-electron chi connectivity index (χ0n) is 11.8. The van der Waals surface area contributed by atoms with Gasteiger partial charge in [-0.15, -0.1) is 5.10 Å². The van der Waals surface area contributed by atoms with Crippen LogP contribution in [0.25, 0.3) is 10.8 Å². The summed E-state index contributed by atoms with van der Waals surface area (Å²) in [6.45, 7) is 6.02. The van der Waals surface area contributed by atoms with Crippen molar-refractivity contribution in [2.75, 3.05) is 0 Å². The van der Waals surface area contributed by atoms with Crippen LogP contribution in [0.4, 0.5) is 0 Å². The van der Waals surface area contributed by atoms with Crippen LogP contribution in [0.15, 0.2) is 52.3 Å². The van der Waals surface area contributed by atoms with Crippen LogP contribution < -0.4 is 5.49 Å². The first-order chi connectivity index (χ1) is 9.08. The fourth-order valence-electron chi connectivity index (χ4n) is 1.88. The molecule has 0 amide bonds. The van der Waals surface area contributed by atoms with Crippen LogP contribution in [-0.4, -0.2) is 15.5 Å². The first-order valence-corrected chi connectivity index (χ1v) is 6.22. The molecule has 19 heavy (non-hydrogen) atoms. The summed E-state index contributed by atoms with van der Waals surface area (Å²) in [5.74, 6) is 0. The molecule has 4 nitrogen and oxygen atoms in total. The summed E-state index contributed by atoms with van der Waals surface area (Å²) < 4.78 is 1.74. The van der Waals surface area contributed by atoms with E-state index in [1.54, 1.807) is 4.68 Å². The Morgan fingerprint density at radius 3 is 2.68 bits per heavy atom. The van der Waals surface area contributed by atoms with E-state index in [0.29, 0.717) is 0 Å². The van der Waals surface area contributed by atoms with E-state index in [9.17, 15) is 0 Å². The summed E-state index contributed by atoms with van der Waals surface area (Å²) in [5, 5.41) is 15.0. The number of allylic oxidation sites excluding steroid dienone is 2. The lowest BCUT2D eigenvalue weighted by Crippen LogP contribution is -2.20. The Morgan fingerprint density at radius 2 is 1.95 bits per heavy atom. The molecular formula is C15H18N4. The lowest BCUT2D eigenvalue weighted by molar-refractivity contribution is 0.695. The predicted octanol–water partition coefficient (Wildman–Crippen LogP) is 2.82. The molecule has 0 saturated carbocycles. The van der Waals surface area contributed by atoms with E-state index in [1.807, 2.05) is 64.4 Å². The van der Waals surface area contributed by atoms with Crippen LogP contribution in [0.1, 0.15) is 20.8 Å². The van der Waals surface area contributed by atoms with E-state index in [1.165, 1.54) is 5.57 Å². The van der Waals surface area contributed by atoms with Gasteiger partial charge in [0, 0.05) is 17.8 Å². The zero-order chi connectivity index (χ0) is 13.8. The van der Waals surface area contributed by atoms with E-state index < -0.39 is 0 Å². The molecule has 0 bridgehead atoms. The summed E-state index contributed by atoms with van der Waals surface area (Å²) in [4.78, 5) is 0. The van der Waals surface area contributed by atoms with Gasteiger partial charge in [0.05, 0.1) is 11.9 Å². The third-order valence-corrected chi connectivity index (χ3v) is 2.68. The fraction of sp³-hybridized carbons (Fsp3) is 0.267. The zero-order valence-corrected chi connectivity index (χ0v) is 11.8. The highest BCUT2D eigenvalue weighted by molar-refractivity contribution is 5.93. The van der Waals surface area contributed by atoms with Gasteiger partial charge in [-0.05, 0) is 26.8 Å². The number of hydrogen-bond donors (Lipinski definition) is 0. The quantitative estimate of drug-likeness (QED) is 0.600. The Kier molecular flexibility index (Phi) is 3.90. The summed E-state index contributed by atoms with van der Waals surface area (Å²) in [6, 6.07) is 8.04. The molecule has 0 atom stereocenters. The Hall–Kier alpha value is -2.23. The second-order valence-corrected chi connectivity index (χ2v) is 4.74. The monoisotopic (exact) mass is 254 g/mol. The maximum absolute atomic E-state index is 4.33. The summed E-state index contributed by atoms with van der Waals surface area (Å²) >= 11 is 0. The maximum atomic E-state index is 4.33. The van der Waals surface area contributed by atoms with E-state index in [4.69, 9.17) is 0 Å². The van der Waals surface area contributed by atoms with E-state index in [2.05, 4.69) is 15.3 Å². The predicted molar refractivity (Wildman–Crippen MR) is 78.8 cm³/mol. The van der Waals surface area contributed by atoms with Crippen molar-refractivity contribution in [3.63, 3.8) is 0 Å². The van der Waals surface area contributed by atoms with Crippen LogP contribution in [0.2, 0.25) is 0 Å². The highest BCUT2D eigenvalue weighted by atomic mass is 15.3. The molecule has 98 valence electrons. The van der Waals surface area contributed by atoms with Gasteiger partial charge in [0.1, 0.15) is 0 Å². The molecule has 0 saturated heterocycles. The SMILES string of the molecule is CC(C)=CC(C)=NN=c1c2ccccc2cnn1C. The third kappa shape index (κ3) is 3.16. The van der Waals surface area contributed by atoms with Crippen molar-refractivity contribution in [1.29, 1.82) is 0 Å². The molecule has 1 aromatic carbocycles. The number of aryl methyl sites for hydroxylation is 1. The number of nitrogens with zero attached hydrogens (tertiary/aromatic N) is 4. The first-order valence-electron chi connectivity index (χ1n) is 6.22. The molecule has 2 rings (SSSR count). The lowest BCUT2D eigenvalue weighted by Gasteiger charge is -2.01. The van der Waals surface area contributed by atoms with Crippen LogP contribution in [-0.2, 0) is 7.05 Å². The highest BCUT2D eigenvalue weighted by Crippen LogP contribution is 2.06. The fourth-order valence-corrected chi connectivity index (χ4v) is 1.88. The molecule has 0 fully saturated rings. The van der Waals surface area contributed by atoms with Crippen molar-refractivity contribution >= 4 is 16.5 Å². The van der Waals surface area contributed by atoms with Gasteiger partial charge < -0.3 is 0 Å². The standard InChI is InChI=1S/C15H18N4/c1-11(2)9-12(3)17-18-15-14-8-6-5-7-13(14)10-16-19(15)4/h5-10H,1-4H3. The van der Waals surface area contributed by atoms with Gasteiger partial charge in [-0.1, -0.05) is 29.8 Å². The van der Waals surface area contributed by atoms with Crippen LogP contribution in [0, 0.1) is 0 Å². The number of fused-ring (bicyclic) bond motifs is 1. The molecule has 1 aromatic heterocycles. The molecule has 0 unspecified atom stereocenters. The Bertz CT molecular complexity index is 716. The minimum atomic E-state index is 0.764. The van der Waals surface area contributed by atoms with E-state index in [-0.39, 0.29) is 0 Å². The van der Waals surface area contributed by atoms with Crippen molar-refractivity contribution in [2.24, 2.45) is 17.3 Å². The highest BCUT2D eigenvalue weighted by Gasteiger charge is 1.98. The number of hydrogen-bond acceptors (Lipinski definition) is 3. The summed E-state index contributed by atoms with van der Waals surface area (Å²) in [6.07, 6.45) is 3.84. The van der Waals surface area contributed by atoms with E-state index in [0.717, 1.165) is 22.0 Å². The van der Waals surface area contributed by atoms with Crippen molar-refractivity contribution in [2.45, 2.75) is 20.8 Å². The molecule has 2 aromatic rings. The van der Waals surface area contributed by atoms with Crippen molar-refractivity contribution in [3.05, 3.63) is 47.6 Å². The second-order valence-electron chi connectivity index (χ2n) is 4.74. The maximum Gasteiger partial charge on any atom is 0.179 e. The molecular weight excluding hydrogens is 236 g/mol. The van der Waals surface area contributed by atoms with Gasteiger partial charge in [-0.3, -0.25) is 0 Å². The van der Waals surface area contributed by atoms with Crippen LogP contribution in [0.5, 0.6) is 0 Å². The second kappa shape index (κ2) is 5.61. The van der Waals surface area contributed by atoms with Crippen molar-refractivity contribution < 1.29 is 0 Å². The van der Waals surface area contributed by atoms with Gasteiger partial charge in [-0.25, -0.2) is 4.68 Å². The van der Waals surface area contributed by atoms with Crippen molar-refractivity contribution in [1.82, 2.24) is 9.78 Å². The Balaban J connectivity index is 2.62. The minimum absolute atomic E-state index is 0.764. The average molecular weight is 254 g/mol. The minimum Gasteiger partial charge on any atom is -0.249 e. The molecule has 0 aliphatic carbocycles. The van der Waals surface area contributed by atoms with Gasteiger partial charge in [0.15, 0.2) is 5.49 Å². The average Bonchev–Trinajstić information content (AvgIpc) is 2.36. The molecule has 4 heteroatoms. The largest absolute Gasteiger partial charge is 0.249 e. The molecule has 1 heterocycles. The Morgan fingerprint density at radius 1 is 1.21 bits per heavy atom. The van der Waals surface area contributed by atoms with Crippen LogP contribution in [0.3, 0.4) is 0 Å². The molecule has 0 spiro atoms. The van der Waals surface area contributed by atoms with Gasteiger partial charge in [0.25, 0.3) is 0 Å². The normalized spacial score (nSPS) is 12.8. The number of aromatic nitrogens is 2. The first kappa shape index (κ1) is 13.2. The van der Waals surface area contributed by atoms with Crippen LogP contribution >= 0.6 is 0 Å². The lowest BCUT2D eigenvalue weighted by atomic mass is 10.2. The van der Waals surface area contributed by atoms with Crippen molar-refractivity contribution in [3.8, 4) is 0 Å². The summed E-state index contributed by atoms with van der Waals surface area (Å²) in [5.41, 5.74) is 2.85. The smallest absolute Gasteiger partial charge is 0.179 e. The van der Waals surface area contributed by atoms with Gasteiger partial charge in [0.2, 0.25) is 0 Å². The van der Waals surface area contributed by atoms with Gasteiger partial charge >= 0.3 is 0 Å². The van der Waals surface area contributed by atoms with E-state index >= 15 is 0 Å². The third-order valence-electron chi connectivity index (χ3n) is 2.68. The molecule has 0 N–H and O–H groups in total. The topological polar surface area (TPSA) is 42.5 Å². The Labute approximate surface area is 112 Å². The summed E-state index contributed by atoms with van der Waals surface area (Å²) in [7, 11) is 1.87. The van der Waals surface area contributed by atoms with Gasteiger partial charge in [-0.2, -0.15) is 10.2 Å². The number of benzene rings is 1.